The van der Waals surface area contributed by atoms with Crippen LogP contribution in [0.2, 0.25) is 0 Å². The Hall–Kier alpha value is -0.470. The zero-order valence-electron chi connectivity index (χ0n) is 15.3. The molecule has 0 unspecified atom stereocenters. The smallest absolute Gasteiger partial charge is 0.191 e. The molecule has 0 atom stereocenters. The number of halogens is 1. The molecular formula is C18H31IN4S. The van der Waals surface area contributed by atoms with Crippen LogP contribution in [0.3, 0.4) is 0 Å². The maximum Gasteiger partial charge on any atom is 0.191 e. The van der Waals surface area contributed by atoms with Gasteiger partial charge in [0.25, 0.3) is 0 Å². The number of benzene rings is 1. The van der Waals surface area contributed by atoms with Crippen molar-refractivity contribution in [1.82, 2.24) is 15.5 Å². The Kier molecular flexibility index (Phi) is 9.44. The Labute approximate surface area is 168 Å². The fourth-order valence-electron chi connectivity index (χ4n) is 2.67. The molecule has 6 heteroatoms. The van der Waals surface area contributed by atoms with Crippen LogP contribution in [-0.2, 0) is 13.0 Å². The van der Waals surface area contributed by atoms with Crippen molar-refractivity contribution < 1.29 is 0 Å². The first-order valence-electron chi connectivity index (χ1n) is 8.33. The second-order valence-corrected chi connectivity index (χ2v) is 8.12. The lowest BCUT2D eigenvalue weighted by molar-refractivity contribution is 0.258. The fourth-order valence-corrected chi connectivity index (χ4v) is 2.88. The topological polar surface area (TPSA) is 39.7 Å². The predicted molar refractivity (Wildman–Crippen MR) is 118 cm³/mol. The van der Waals surface area contributed by atoms with Crippen molar-refractivity contribution in [1.29, 1.82) is 0 Å². The number of nitrogens with one attached hydrogen (secondary N) is 2. The minimum Gasteiger partial charge on any atom is -0.355 e. The maximum absolute atomic E-state index is 4.31. The van der Waals surface area contributed by atoms with Gasteiger partial charge in [-0.05, 0) is 37.7 Å². The van der Waals surface area contributed by atoms with E-state index in [1.165, 1.54) is 11.1 Å². The first-order valence-corrected chi connectivity index (χ1v) is 9.55. The van der Waals surface area contributed by atoms with Crippen molar-refractivity contribution >= 4 is 41.7 Å². The fraction of sp³-hybridized carbons (Fsp3) is 0.611. The second-order valence-electron chi connectivity index (χ2n) is 6.61. The summed E-state index contributed by atoms with van der Waals surface area (Å²) in [7, 11) is 1.83. The third-order valence-corrected chi connectivity index (χ3v) is 5.64. The summed E-state index contributed by atoms with van der Waals surface area (Å²) in [4.78, 5) is 6.82. The molecule has 0 saturated carbocycles. The van der Waals surface area contributed by atoms with E-state index in [9.17, 15) is 0 Å². The van der Waals surface area contributed by atoms with Crippen LogP contribution >= 0.6 is 35.7 Å². The van der Waals surface area contributed by atoms with Crippen molar-refractivity contribution in [3.05, 3.63) is 35.4 Å². The van der Waals surface area contributed by atoms with Gasteiger partial charge in [0.1, 0.15) is 0 Å². The Morgan fingerprint density at radius 2 is 1.96 bits per heavy atom. The van der Waals surface area contributed by atoms with Gasteiger partial charge >= 0.3 is 0 Å². The normalized spacial score (nSPS) is 15.4. The molecule has 0 bridgehead atoms. The predicted octanol–water partition coefficient (Wildman–Crippen LogP) is 2.97. The first kappa shape index (κ1) is 21.6. The lowest BCUT2D eigenvalue weighted by Crippen LogP contribution is -2.45. The Bertz CT molecular complexity index is 534. The minimum atomic E-state index is 0. The van der Waals surface area contributed by atoms with Crippen molar-refractivity contribution in [2.45, 2.75) is 31.6 Å². The maximum atomic E-state index is 4.31. The first-order chi connectivity index (χ1) is 11.0. The Balaban J connectivity index is 0.00000288. The van der Waals surface area contributed by atoms with Crippen molar-refractivity contribution in [3.8, 4) is 0 Å². The molecule has 0 saturated heterocycles. The van der Waals surface area contributed by atoms with Gasteiger partial charge in [-0.1, -0.05) is 24.3 Å². The number of nitrogens with zero attached hydrogens (tertiary/aromatic N) is 2. The molecule has 1 aliphatic heterocycles. The van der Waals surface area contributed by atoms with Crippen LogP contribution in [0.15, 0.2) is 29.3 Å². The second kappa shape index (κ2) is 10.5. The van der Waals surface area contributed by atoms with E-state index < -0.39 is 0 Å². The van der Waals surface area contributed by atoms with E-state index in [1.807, 2.05) is 18.8 Å². The highest BCUT2D eigenvalue weighted by Crippen LogP contribution is 2.19. The van der Waals surface area contributed by atoms with Gasteiger partial charge in [0.2, 0.25) is 0 Å². The third kappa shape index (κ3) is 6.80. The lowest BCUT2D eigenvalue weighted by atomic mass is 10.00. The summed E-state index contributed by atoms with van der Waals surface area (Å²) in [6.07, 6.45) is 3.30. The van der Waals surface area contributed by atoms with Gasteiger partial charge in [0, 0.05) is 44.5 Å². The van der Waals surface area contributed by atoms with Crippen molar-refractivity contribution in [2.24, 2.45) is 4.99 Å². The third-order valence-electron chi connectivity index (χ3n) is 4.39. The van der Waals surface area contributed by atoms with Crippen LogP contribution in [-0.4, -0.2) is 55.1 Å². The van der Waals surface area contributed by atoms with Crippen LogP contribution < -0.4 is 10.6 Å². The quantitative estimate of drug-likeness (QED) is 0.388. The van der Waals surface area contributed by atoms with E-state index >= 15 is 0 Å². The van der Waals surface area contributed by atoms with Crippen LogP contribution in [0.25, 0.3) is 0 Å². The van der Waals surface area contributed by atoms with Gasteiger partial charge in [-0.3, -0.25) is 9.89 Å². The molecule has 1 aromatic rings. The highest BCUT2D eigenvalue weighted by Gasteiger charge is 2.17. The summed E-state index contributed by atoms with van der Waals surface area (Å²) in [6.45, 7) is 9.55. The molecule has 4 nitrogen and oxygen atoms in total. The highest BCUT2D eigenvalue weighted by atomic mass is 127. The largest absolute Gasteiger partial charge is 0.355 e. The molecule has 1 heterocycles. The average molecular weight is 462 g/mol. The molecule has 0 amide bonds. The summed E-state index contributed by atoms with van der Waals surface area (Å²) in [5, 5.41) is 6.84. The molecule has 0 aliphatic carbocycles. The average Bonchev–Trinajstić information content (AvgIpc) is 2.57. The number of thioether (sulfide) groups is 1. The molecule has 2 rings (SSSR count). The van der Waals surface area contributed by atoms with Crippen LogP contribution in [0, 0.1) is 0 Å². The van der Waals surface area contributed by atoms with E-state index in [4.69, 9.17) is 0 Å². The van der Waals surface area contributed by atoms with E-state index in [0.717, 1.165) is 45.1 Å². The molecule has 0 radical (unpaired) electrons. The monoisotopic (exact) mass is 462 g/mol. The number of hydrogen-bond acceptors (Lipinski definition) is 3. The highest BCUT2D eigenvalue weighted by molar-refractivity contribution is 14.0. The molecule has 0 aromatic heterocycles. The summed E-state index contributed by atoms with van der Waals surface area (Å²) < 4.78 is 0.216. The van der Waals surface area contributed by atoms with E-state index in [1.54, 1.807) is 0 Å². The molecular weight excluding hydrogens is 431 g/mol. The van der Waals surface area contributed by atoms with Crippen LogP contribution in [0.5, 0.6) is 0 Å². The number of aliphatic imine (C=N–C) groups is 1. The molecule has 0 fully saturated rings. The molecule has 136 valence electrons. The van der Waals surface area contributed by atoms with Crippen LogP contribution in [0.4, 0.5) is 0 Å². The summed E-state index contributed by atoms with van der Waals surface area (Å²) >= 11 is 1.87. The molecule has 0 spiro atoms. The van der Waals surface area contributed by atoms with Gasteiger partial charge in [-0.2, -0.15) is 11.8 Å². The summed E-state index contributed by atoms with van der Waals surface area (Å²) in [5.74, 6) is 0.893. The zero-order chi connectivity index (χ0) is 16.7. The Morgan fingerprint density at radius 3 is 2.62 bits per heavy atom. The minimum absolute atomic E-state index is 0. The molecule has 1 aromatic carbocycles. The number of fused-ring (bicyclic) bond motifs is 1. The SMILES string of the molecule is CN=C(NCCN1CCc2ccccc2C1)NCC(C)(C)SC.I. The summed E-state index contributed by atoms with van der Waals surface area (Å²) in [5.41, 5.74) is 2.98. The van der Waals surface area contributed by atoms with Crippen molar-refractivity contribution in [3.63, 3.8) is 0 Å². The van der Waals surface area contributed by atoms with Gasteiger partial charge in [0.15, 0.2) is 5.96 Å². The van der Waals surface area contributed by atoms with Gasteiger partial charge in [0.05, 0.1) is 0 Å². The number of guanidine groups is 1. The van der Waals surface area contributed by atoms with E-state index in [2.05, 4.69) is 64.9 Å². The number of rotatable bonds is 6. The standard InChI is InChI=1S/C18H30N4S.HI/c1-18(2,23-4)14-21-17(19-3)20-10-12-22-11-9-15-7-5-6-8-16(15)13-22;/h5-8H,9-14H2,1-4H3,(H2,19,20,21);1H. The van der Waals surface area contributed by atoms with E-state index in [0.29, 0.717) is 0 Å². The van der Waals surface area contributed by atoms with Gasteiger partial charge < -0.3 is 10.6 Å². The molecule has 1 aliphatic rings. The zero-order valence-corrected chi connectivity index (χ0v) is 18.4. The van der Waals surface area contributed by atoms with Crippen LogP contribution in [0.1, 0.15) is 25.0 Å². The van der Waals surface area contributed by atoms with Gasteiger partial charge in [-0.15, -0.1) is 24.0 Å². The van der Waals surface area contributed by atoms with Crippen molar-refractivity contribution in [2.75, 3.05) is 39.5 Å². The molecule has 24 heavy (non-hydrogen) atoms. The molecule has 2 N–H and O–H groups in total. The summed E-state index contributed by atoms with van der Waals surface area (Å²) in [6, 6.07) is 8.78. The lowest BCUT2D eigenvalue weighted by Gasteiger charge is -2.29. The van der Waals surface area contributed by atoms with Gasteiger partial charge in [-0.25, -0.2) is 0 Å². The van der Waals surface area contributed by atoms with E-state index in [-0.39, 0.29) is 28.7 Å². The Morgan fingerprint density at radius 1 is 1.25 bits per heavy atom. The number of hydrogen-bond donors (Lipinski definition) is 2.